The Bertz CT molecular complexity index is 1080. The number of hydrogen-bond acceptors (Lipinski definition) is 6. The van der Waals surface area contributed by atoms with E-state index in [9.17, 15) is 9.59 Å². The molecule has 182 valence electrons. The van der Waals surface area contributed by atoms with E-state index in [1.165, 1.54) is 0 Å². The Balaban J connectivity index is 1.34. The zero-order chi connectivity index (χ0) is 23.9. The van der Waals surface area contributed by atoms with Gasteiger partial charge >= 0.3 is 5.97 Å². The second kappa shape index (κ2) is 8.90. The Hall–Kier alpha value is -3.00. The van der Waals surface area contributed by atoms with E-state index in [-0.39, 0.29) is 17.4 Å². The van der Waals surface area contributed by atoms with Gasteiger partial charge in [-0.25, -0.2) is 4.90 Å². The molecule has 2 unspecified atom stereocenters. The molecule has 7 heteroatoms. The molecule has 6 rings (SSSR count). The first-order chi connectivity index (χ1) is 17.1. The van der Waals surface area contributed by atoms with Gasteiger partial charge in [0.1, 0.15) is 12.1 Å². The van der Waals surface area contributed by atoms with E-state index in [1.54, 1.807) is 0 Å². The summed E-state index contributed by atoms with van der Waals surface area (Å²) in [6, 6.07) is 18.5. The zero-order valence-corrected chi connectivity index (χ0v) is 19.9. The molecule has 0 radical (unpaired) electrons. The quantitative estimate of drug-likeness (QED) is 0.495. The van der Waals surface area contributed by atoms with Crippen molar-refractivity contribution in [2.24, 2.45) is 0 Å². The number of amides is 1. The Kier molecular flexibility index (Phi) is 5.71. The first-order valence-corrected chi connectivity index (χ1v) is 12.6. The highest BCUT2D eigenvalue weighted by Crippen LogP contribution is 2.46. The van der Waals surface area contributed by atoms with Crippen molar-refractivity contribution in [2.45, 2.75) is 42.6 Å². The van der Waals surface area contributed by atoms with Crippen molar-refractivity contribution >= 4 is 11.9 Å². The Labute approximate surface area is 206 Å². The molecule has 0 bridgehead atoms. The summed E-state index contributed by atoms with van der Waals surface area (Å²) in [7, 11) is 0. The average Bonchev–Trinajstić information content (AvgIpc) is 3.58. The highest BCUT2D eigenvalue weighted by atomic mass is 16.6. The number of nitrogens with one attached hydrogen (secondary N) is 2. The van der Waals surface area contributed by atoms with Gasteiger partial charge in [0.15, 0.2) is 0 Å². The van der Waals surface area contributed by atoms with E-state index in [1.807, 2.05) is 65.6 Å². The van der Waals surface area contributed by atoms with Gasteiger partial charge in [-0.3, -0.25) is 14.5 Å². The summed E-state index contributed by atoms with van der Waals surface area (Å²) in [6.07, 6.45) is 7.46. The lowest BCUT2D eigenvalue weighted by Crippen LogP contribution is -2.67. The molecule has 1 amide bonds. The Morgan fingerprint density at radius 2 is 1.69 bits per heavy atom. The third-order valence-corrected chi connectivity index (χ3v) is 7.77. The molecule has 2 aromatic rings. The molecule has 0 spiro atoms. The van der Waals surface area contributed by atoms with Crippen molar-refractivity contribution in [3.05, 3.63) is 83.9 Å². The molecular formula is C28H32N4O3. The van der Waals surface area contributed by atoms with Gasteiger partial charge in [-0.2, -0.15) is 0 Å². The van der Waals surface area contributed by atoms with Crippen molar-refractivity contribution < 1.29 is 14.3 Å². The van der Waals surface area contributed by atoms with Crippen LogP contribution in [0.25, 0.3) is 0 Å². The average molecular weight is 473 g/mol. The van der Waals surface area contributed by atoms with Crippen LogP contribution in [-0.2, 0) is 20.1 Å². The van der Waals surface area contributed by atoms with Gasteiger partial charge in [0.25, 0.3) is 0 Å². The zero-order valence-electron chi connectivity index (χ0n) is 19.9. The number of fused-ring (bicyclic) bond motifs is 1. The summed E-state index contributed by atoms with van der Waals surface area (Å²) in [5.41, 5.74) is 0.371. The number of carbonyl (C=O) groups excluding carboxylic acids is 2. The lowest BCUT2D eigenvalue weighted by atomic mass is 9.90. The molecule has 7 nitrogen and oxygen atoms in total. The van der Waals surface area contributed by atoms with E-state index in [0.29, 0.717) is 13.1 Å². The number of benzene rings is 2. The number of carbonyl (C=O) groups is 2. The monoisotopic (exact) mass is 472 g/mol. The second-order valence-electron chi connectivity index (χ2n) is 10.2. The summed E-state index contributed by atoms with van der Waals surface area (Å²) < 4.78 is 6.27. The molecule has 2 N–H and O–H groups in total. The third kappa shape index (κ3) is 3.97. The predicted octanol–water partition coefficient (Wildman–Crippen LogP) is 2.00. The standard InChI is InChI=1S/C28H32N4O3/c33-25(30-27(14-15-27)20-31-16-8-3-9-17-31)23-18-29-19-24-26(34)35-28(32(23)24,21-10-4-1-5-11-21)22-12-6-2-7-13-22/h1-8,10-13,23-24,29H,9,14-20H2,(H,30,33). The number of cyclic esters (lactones) is 1. The number of rotatable bonds is 6. The van der Waals surface area contributed by atoms with Crippen LogP contribution >= 0.6 is 0 Å². The van der Waals surface area contributed by atoms with Crippen molar-refractivity contribution in [1.29, 1.82) is 0 Å². The summed E-state index contributed by atoms with van der Waals surface area (Å²) in [6.45, 7) is 3.74. The van der Waals surface area contributed by atoms with Gasteiger partial charge < -0.3 is 15.4 Å². The van der Waals surface area contributed by atoms with Crippen LogP contribution in [0.15, 0.2) is 72.8 Å². The van der Waals surface area contributed by atoms with Crippen LogP contribution in [0.3, 0.4) is 0 Å². The number of ether oxygens (including phenoxy) is 1. The second-order valence-corrected chi connectivity index (χ2v) is 10.2. The van der Waals surface area contributed by atoms with Gasteiger partial charge in [-0.05, 0) is 19.3 Å². The normalized spacial score (nSPS) is 27.1. The minimum Gasteiger partial charge on any atom is -0.434 e. The van der Waals surface area contributed by atoms with Gasteiger partial charge in [0.2, 0.25) is 11.6 Å². The first-order valence-electron chi connectivity index (χ1n) is 12.6. The summed E-state index contributed by atoms with van der Waals surface area (Å²) in [5.74, 6) is -0.342. The molecule has 3 fully saturated rings. The van der Waals surface area contributed by atoms with Crippen molar-refractivity contribution in [3.63, 3.8) is 0 Å². The van der Waals surface area contributed by atoms with E-state index in [0.717, 1.165) is 50.0 Å². The third-order valence-electron chi connectivity index (χ3n) is 7.77. The lowest BCUT2D eigenvalue weighted by Gasteiger charge is -2.45. The topological polar surface area (TPSA) is 73.9 Å². The fourth-order valence-corrected chi connectivity index (χ4v) is 5.88. The largest absolute Gasteiger partial charge is 0.434 e. The fourth-order valence-electron chi connectivity index (χ4n) is 5.88. The van der Waals surface area contributed by atoms with Crippen LogP contribution in [0.2, 0.25) is 0 Å². The summed E-state index contributed by atoms with van der Waals surface area (Å²) in [5, 5.41) is 6.72. The van der Waals surface area contributed by atoms with Crippen LogP contribution in [0, 0.1) is 0 Å². The maximum atomic E-state index is 13.9. The fraction of sp³-hybridized carbons (Fsp3) is 0.429. The maximum Gasteiger partial charge on any atom is 0.327 e. The predicted molar refractivity (Wildman–Crippen MR) is 132 cm³/mol. The van der Waals surface area contributed by atoms with Gasteiger partial charge in [0.05, 0.1) is 5.54 Å². The van der Waals surface area contributed by atoms with Crippen LogP contribution in [0.4, 0.5) is 0 Å². The molecule has 4 aliphatic rings. The molecule has 2 aromatic carbocycles. The molecule has 0 aromatic heterocycles. The molecule has 1 saturated carbocycles. The smallest absolute Gasteiger partial charge is 0.327 e. The van der Waals surface area contributed by atoms with Crippen molar-refractivity contribution in [3.8, 4) is 0 Å². The first kappa shape index (κ1) is 22.5. The van der Waals surface area contributed by atoms with Gasteiger partial charge in [-0.1, -0.05) is 72.8 Å². The Morgan fingerprint density at radius 1 is 1.00 bits per heavy atom. The number of piperazine rings is 1. The molecule has 2 atom stereocenters. The van der Waals surface area contributed by atoms with Crippen molar-refractivity contribution in [1.82, 2.24) is 20.4 Å². The molecule has 3 aliphatic heterocycles. The number of esters is 1. The molecule has 2 saturated heterocycles. The van der Waals surface area contributed by atoms with Gasteiger partial charge in [0, 0.05) is 43.9 Å². The molecule has 1 aliphatic carbocycles. The minimum absolute atomic E-state index is 0.0400. The van der Waals surface area contributed by atoms with E-state index in [4.69, 9.17) is 4.74 Å². The number of hydrogen-bond donors (Lipinski definition) is 2. The van der Waals surface area contributed by atoms with Crippen LogP contribution < -0.4 is 10.6 Å². The SMILES string of the molecule is O=C(NC1(CN2CC=CCC2)CC1)C1CNCC2C(=O)OC(c3ccccc3)(c3ccccc3)N12. The Morgan fingerprint density at radius 3 is 2.29 bits per heavy atom. The maximum absolute atomic E-state index is 13.9. The van der Waals surface area contributed by atoms with E-state index >= 15 is 0 Å². The summed E-state index contributed by atoms with van der Waals surface area (Å²) in [4.78, 5) is 31.6. The van der Waals surface area contributed by atoms with Crippen LogP contribution in [0.5, 0.6) is 0 Å². The van der Waals surface area contributed by atoms with Crippen LogP contribution in [0.1, 0.15) is 30.4 Å². The highest BCUT2D eigenvalue weighted by molar-refractivity contribution is 5.87. The highest BCUT2D eigenvalue weighted by Gasteiger charge is 2.61. The molecule has 3 heterocycles. The summed E-state index contributed by atoms with van der Waals surface area (Å²) >= 11 is 0. The molecular weight excluding hydrogens is 440 g/mol. The van der Waals surface area contributed by atoms with Crippen molar-refractivity contribution in [2.75, 3.05) is 32.7 Å². The minimum atomic E-state index is -1.15. The van der Waals surface area contributed by atoms with E-state index < -0.39 is 17.8 Å². The van der Waals surface area contributed by atoms with Gasteiger partial charge in [-0.15, -0.1) is 0 Å². The molecule has 35 heavy (non-hydrogen) atoms. The van der Waals surface area contributed by atoms with Crippen LogP contribution in [-0.4, -0.2) is 72.0 Å². The van der Waals surface area contributed by atoms with E-state index in [2.05, 4.69) is 27.7 Å². The lowest BCUT2D eigenvalue weighted by molar-refractivity contribution is -0.153. The number of nitrogens with zero attached hydrogens (tertiary/aromatic N) is 2.